The third-order valence-electron chi connectivity index (χ3n) is 8.81. The minimum absolute atomic E-state index is 1.23. The first-order valence-corrected chi connectivity index (χ1v) is 19.9. The largest absolute Gasteiger partial charge is 0.140 e. The molecule has 0 unspecified atom stereocenters. The molecular formula is C40H56S3. The van der Waals surface area contributed by atoms with Crippen molar-refractivity contribution in [3.05, 3.63) is 70.1 Å². The van der Waals surface area contributed by atoms with E-state index < -0.39 is 0 Å². The van der Waals surface area contributed by atoms with Gasteiger partial charge < -0.3 is 0 Å². The highest BCUT2D eigenvalue weighted by Gasteiger charge is 2.22. The van der Waals surface area contributed by atoms with Crippen LogP contribution in [0.5, 0.6) is 0 Å². The van der Waals surface area contributed by atoms with E-state index in [-0.39, 0.29) is 0 Å². The molecule has 0 aliphatic rings. The lowest BCUT2D eigenvalue weighted by molar-refractivity contribution is 0.571. The molecule has 0 spiro atoms. The number of benzene rings is 1. The van der Waals surface area contributed by atoms with Crippen molar-refractivity contribution in [2.75, 3.05) is 0 Å². The number of hydrogen-bond acceptors (Lipinski definition) is 3. The smallest absolute Gasteiger partial charge is 0.0484 e. The molecule has 234 valence electrons. The van der Waals surface area contributed by atoms with Crippen molar-refractivity contribution < 1.29 is 0 Å². The number of hydrogen-bond donors (Lipinski definition) is 0. The average molecular weight is 633 g/mol. The second-order valence-corrected chi connectivity index (χ2v) is 16.0. The molecule has 0 amide bonds. The molecule has 4 aromatic rings. The van der Waals surface area contributed by atoms with Gasteiger partial charge >= 0.3 is 0 Å². The fourth-order valence-electron chi connectivity index (χ4n) is 6.19. The predicted octanol–water partition coefficient (Wildman–Crippen LogP) is 14.9. The zero-order valence-corrected chi connectivity index (χ0v) is 30.0. The van der Waals surface area contributed by atoms with Crippen molar-refractivity contribution in [1.82, 2.24) is 0 Å². The lowest BCUT2D eigenvalue weighted by Gasteiger charge is -2.10. The van der Waals surface area contributed by atoms with Crippen LogP contribution in [0.2, 0.25) is 0 Å². The first kappa shape index (κ1) is 34.2. The van der Waals surface area contributed by atoms with Crippen molar-refractivity contribution >= 4 is 34.0 Å². The maximum atomic E-state index is 2.41. The van der Waals surface area contributed by atoms with E-state index in [1.54, 1.807) is 20.9 Å². The molecule has 43 heavy (non-hydrogen) atoms. The third-order valence-corrected chi connectivity index (χ3v) is 12.6. The van der Waals surface area contributed by atoms with E-state index in [1.165, 1.54) is 146 Å². The van der Waals surface area contributed by atoms with Gasteiger partial charge in [0.1, 0.15) is 0 Å². The summed E-state index contributed by atoms with van der Waals surface area (Å²) >= 11 is 6.07. The van der Waals surface area contributed by atoms with E-state index >= 15 is 0 Å². The van der Waals surface area contributed by atoms with Crippen LogP contribution in [0.3, 0.4) is 0 Å². The van der Waals surface area contributed by atoms with Crippen LogP contribution >= 0.6 is 34.0 Å². The van der Waals surface area contributed by atoms with Gasteiger partial charge in [-0.05, 0) is 80.5 Å². The first-order chi connectivity index (χ1) is 21.1. The Bertz CT molecular complexity index is 1320. The molecule has 0 saturated carbocycles. The second kappa shape index (κ2) is 19.0. The average Bonchev–Trinajstić information content (AvgIpc) is 3.75. The Hall–Kier alpha value is -1.68. The highest BCUT2D eigenvalue weighted by molar-refractivity contribution is 7.27. The van der Waals surface area contributed by atoms with Gasteiger partial charge in [-0.25, -0.2) is 0 Å². The van der Waals surface area contributed by atoms with Gasteiger partial charge in [0.15, 0.2) is 0 Å². The molecule has 4 rings (SSSR count). The normalized spacial score (nSPS) is 11.5. The lowest BCUT2D eigenvalue weighted by atomic mass is 9.95. The van der Waals surface area contributed by atoms with Gasteiger partial charge in [-0.1, -0.05) is 134 Å². The molecule has 0 bridgehead atoms. The fourth-order valence-corrected chi connectivity index (χ4v) is 9.74. The van der Waals surface area contributed by atoms with Gasteiger partial charge in [0.2, 0.25) is 0 Å². The summed E-state index contributed by atoms with van der Waals surface area (Å²) in [7, 11) is 0. The summed E-state index contributed by atoms with van der Waals surface area (Å²) in [5.41, 5.74) is 6.03. The van der Waals surface area contributed by atoms with Crippen molar-refractivity contribution in [2.24, 2.45) is 0 Å². The summed E-state index contributed by atoms with van der Waals surface area (Å²) in [6, 6.07) is 18.5. The number of rotatable bonds is 21. The predicted molar refractivity (Wildman–Crippen MR) is 198 cm³/mol. The SMILES string of the molecule is CCCCCCCCCCc1c(-c2ccc(C)s2)sc(-c2ccc(-c3ccc(C)cc3)s2)c1CCCCCCCCCC. The van der Waals surface area contributed by atoms with E-state index in [2.05, 4.69) is 87.6 Å². The Morgan fingerprint density at radius 3 is 1.35 bits per heavy atom. The molecule has 0 fully saturated rings. The standard InChI is InChI=1S/C40H56S3/c1-5-7-9-11-13-15-17-19-21-34-35(22-20-18-16-14-12-10-8-6-2)40(43-39(34)37-28-25-32(4)41-37)38-30-29-36(42-38)33-26-23-31(3)24-27-33/h23-30H,5-22H2,1-4H3. The number of unbranched alkanes of at least 4 members (excludes halogenated alkanes) is 14. The summed E-state index contributed by atoms with van der Waals surface area (Å²) in [6.45, 7) is 9.06. The van der Waals surface area contributed by atoms with E-state index in [4.69, 9.17) is 0 Å². The molecule has 0 atom stereocenters. The van der Waals surface area contributed by atoms with E-state index in [9.17, 15) is 0 Å². The number of aryl methyl sites for hydroxylation is 2. The fraction of sp³-hybridized carbons (Fsp3) is 0.550. The van der Waals surface area contributed by atoms with Crippen molar-refractivity contribution in [3.63, 3.8) is 0 Å². The third kappa shape index (κ3) is 10.7. The summed E-state index contributed by atoms with van der Waals surface area (Å²) in [4.78, 5) is 8.88. The Morgan fingerprint density at radius 1 is 0.419 bits per heavy atom. The van der Waals surface area contributed by atoms with Crippen LogP contribution in [-0.2, 0) is 12.8 Å². The van der Waals surface area contributed by atoms with Crippen molar-refractivity contribution in [2.45, 2.75) is 143 Å². The first-order valence-electron chi connectivity index (χ1n) is 17.5. The molecule has 0 aliphatic heterocycles. The molecule has 1 aromatic carbocycles. The Morgan fingerprint density at radius 2 is 0.860 bits per heavy atom. The van der Waals surface area contributed by atoms with Crippen molar-refractivity contribution in [1.29, 1.82) is 0 Å². The lowest BCUT2D eigenvalue weighted by Crippen LogP contribution is -1.95. The van der Waals surface area contributed by atoms with Gasteiger partial charge in [0.25, 0.3) is 0 Å². The van der Waals surface area contributed by atoms with Crippen molar-refractivity contribution in [3.8, 4) is 29.9 Å². The van der Waals surface area contributed by atoms with Crippen LogP contribution in [0.1, 0.15) is 138 Å². The molecule has 0 saturated heterocycles. The molecule has 3 aromatic heterocycles. The van der Waals surface area contributed by atoms with Crippen LogP contribution < -0.4 is 0 Å². The zero-order chi connectivity index (χ0) is 30.3. The van der Waals surface area contributed by atoms with Gasteiger partial charge in [0, 0.05) is 29.3 Å². The van der Waals surface area contributed by atoms with Gasteiger partial charge in [-0.2, -0.15) is 0 Å². The molecule has 0 radical (unpaired) electrons. The zero-order valence-electron chi connectivity index (χ0n) is 27.6. The van der Waals surface area contributed by atoms with E-state index in [1.807, 2.05) is 22.7 Å². The van der Waals surface area contributed by atoms with Crippen LogP contribution in [-0.4, -0.2) is 0 Å². The van der Waals surface area contributed by atoms with E-state index in [0.717, 1.165) is 0 Å². The van der Waals surface area contributed by atoms with Gasteiger partial charge in [-0.15, -0.1) is 34.0 Å². The summed E-state index contributed by atoms with van der Waals surface area (Å²) in [6.07, 6.45) is 24.6. The Labute approximate surface area is 276 Å². The van der Waals surface area contributed by atoms with Crippen LogP contribution in [0, 0.1) is 13.8 Å². The van der Waals surface area contributed by atoms with Crippen LogP contribution in [0.15, 0.2) is 48.5 Å². The Balaban J connectivity index is 1.55. The second-order valence-electron chi connectivity index (χ2n) is 12.6. The highest BCUT2D eigenvalue weighted by Crippen LogP contribution is 2.48. The molecule has 0 aliphatic carbocycles. The molecule has 0 nitrogen and oxygen atoms in total. The quantitative estimate of drug-likeness (QED) is 0.0802. The van der Waals surface area contributed by atoms with Crippen LogP contribution in [0.4, 0.5) is 0 Å². The molecular weight excluding hydrogens is 577 g/mol. The number of thiophene rings is 3. The maximum Gasteiger partial charge on any atom is 0.0484 e. The van der Waals surface area contributed by atoms with Crippen LogP contribution in [0.25, 0.3) is 29.9 Å². The molecule has 0 N–H and O–H groups in total. The van der Waals surface area contributed by atoms with Gasteiger partial charge in [0.05, 0.1) is 0 Å². The van der Waals surface area contributed by atoms with Gasteiger partial charge in [-0.3, -0.25) is 0 Å². The van der Waals surface area contributed by atoms with E-state index in [0.29, 0.717) is 0 Å². The monoisotopic (exact) mass is 632 g/mol. The summed E-state index contributed by atoms with van der Waals surface area (Å²) < 4.78 is 0. The minimum Gasteiger partial charge on any atom is -0.140 e. The Kier molecular flexibility index (Phi) is 15.1. The minimum atomic E-state index is 1.23. The molecule has 3 heterocycles. The maximum absolute atomic E-state index is 2.41. The highest BCUT2D eigenvalue weighted by atomic mass is 32.1. The summed E-state index contributed by atoms with van der Waals surface area (Å²) in [5, 5.41) is 0. The summed E-state index contributed by atoms with van der Waals surface area (Å²) in [5.74, 6) is 0. The topological polar surface area (TPSA) is 0 Å². The molecule has 3 heteroatoms.